The van der Waals surface area contributed by atoms with Gasteiger partial charge in [-0.25, -0.2) is 0 Å². The number of carbonyl (C=O) groups is 1. The Hall–Kier alpha value is -3.08. The molecule has 3 rings (SSSR count). The summed E-state index contributed by atoms with van der Waals surface area (Å²) in [6.07, 6.45) is 0.946. The van der Waals surface area contributed by atoms with Crippen molar-refractivity contribution in [2.75, 3.05) is 5.32 Å². The number of aromatic hydroxyl groups is 1. The maximum atomic E-state index is 12.2. The highest BCUT2D eigenvalue weighted by molar-refractivity contribution is 6.03. The molecule has 5 nitrogen and oxygen atoms in total. The van der Waals surface area contributed by atoms with Crippen LogP contribution in [0.1, 0.15) is 23.0 Å². The highest BCUT2D eigenvalue weighted by Crippen LogP contribution is 2.29. The first kappa shape index (κ1) is 14.8. The first-order valence-electron chi connectivity index (χ1n) is 7.32. The van der Waals surface area contributed by atoms with E-state index < -0.39 is 0 Å². The van der Waals surface area contributed by atoms with Crippen molar-refractivity contribution in [1.29, 1.82) is 0 Å². The maximum Gasteiger partial charge on any atom is 0.277 e. The SMILES string of the molecule is CCc1ccc(NC(=O)c2cc(-c3ccccc3O)on2)cc1. The molecule has 116 valence electrons. The van der Waals surface area contributed by atoms with E-state index in [1.807, 2.05) is 24.3 Å². The van der Waals surface area contributed by atoms with Gasteiger partial charge in [-0.3, -0.25) is 4.79 Å². The van der Waals surface area contributed by atoms with E-state index in [4.69, 9.17) is 4.52 Å². The summed E-state index contributed by atoms with van der Waals surface area (Å²) in [6.45, 7) is 2.07. The van der Waals surface area contributed by atoms with Gasteiger partial charge in [-0.2, -0.15) is 0 Å². The van der Waals surface area contributed by atoms with Crippen molar-refractivity contribution in [2.45, 2.75) is 13.3 Å². The second kappa shape index (κ2) is 6.36. The molecule has 0 spiro atoms. The van der Waals surface area contributed by atoms with Crippen LogP contribution in [0.4, 0.5) is 5.69 Å². The molecule has 1 aromatic heterocycles. The van der Waals surface area contributed by atoms with Gasteiger partial charge in [0.25, 0.3) is 5.91 Å². The molecule has 2 N–H and O–H groups in total. The van der Waals surface area contributed by atoms with Gasteiger partial charge < -0.3 is 14.9 Å². The van der Waals surface area contributed by atoms with E-state index in [0.717, 1.165) is 6.42 Å². The van der Waals surface area contributed by atoms with Crippen molar-refractivity contribution >= 4 is 11.6 Å². The summed E-state index contributed by atoms with van der Waals surface area (Å²) in [5, 5.41) is 16.3. The van der Waals surface area contributed by atoms with Gasteiger partial charge in [0.05, 0.1) is 5.56 Å². The molecule has 2 aromatic carbocycles. The van der Waals surface area contributed by atoms with Gasteiger partial charge in [0.2, 0.25) is 0 Å². The van der Waals surface area contributed by atoms with Crippen molar-refractivity contribution in [3.63, 3.8) is 0 Å². The Labute approximate surface area is 133 Å². The molecule has 0 bridgehead atoms. The number of anilines is 1. The summed E-state index contributed by atoms with van der Waals surface area (Å²) in [4.78, 5) is 12.2. The zero-order valence-electron chi connectivity index (χ0n) is 12.6. The lowest BCUT2D eigenvalue weighted by Crippen LogP contribution is -2.12. The fraction of sp³-hybridized carbons (Fsp3) is 0.111. The summed E-state index contributed by atoms with van der Waals surface area (Å²) in [5.74, 6) is 0.0556. The lowest BCUT2D eigenvalue weighted by atomic mass is 10.1. The summed E-state index contributed by atoms with van der Waals surface area (Å²) >= 11 is 0. The topological polar surface area (TPSA) is 75.4 Å². The Bertz CT molecular complexity index is 822. The lowest BCUT2D eigenvalue weighted by Gasteiger charge is -2.03. The van der Waals surface area contributed by atoms with Crippen LogP contribution in [0.5, 0.6) is 5.75 Å². The average Bonchev–Trinajstić information content (AvgIpc) is 3.06. The molecule has 0 atom stereocenters. The molecule has 0 fully saturated rings. The largest absolute Gasteiger partial charge is 0.507 e. The van der Waals surface area contributed by atoms with Crippen LogP contribution in [-0.2, 0) is 6.42 Å². The van der Waals surface area contributed by atoms with Crippen LogP contribution in [0.25, 0.3) is 11.3 Å². The van der Waals surface area contributed by atoms with Crippen LogP contribution in [0.2, 0.25) is 0 Å². The number of aryl methyl sites for hydroxylation is 1. The van der Waals surface area contributed by atoms with Crippen LogP contribution in [0.15, 0.2) is 59.1 Å². The minimum atomic E-state index is -0.361. The molecule has 3 aromatic rings. The minimum absolute atomic E-state index is 0.0748. The Balaban J connectivity index is 1.77. The molecule has 0 radical (unpaired) electrons. The number of para-hydroxylation sites is 1. The first-order chi connectivity index (χ1) is 11.2. The van der Waals surface area contributed by atoms with Crippen LogP contribution in [0, 0.1) is 0 Å². The second-order valence-corrected chi connectivity index (χ2v) is 5.10. The van der Waals surface area contributed by atoms with Gasteiger partial charge in [-0.15, -0.1) is 0 Å². The van der Waals surface area contributed by atoms with Crippen molar-refractivity contribution in [1.82, 2.24) is 5.16 Å². The van der Waals surface area contributed by atoms with Gasteiger partial charge in [0.1, 0.15) is 5.75 Å². The Morgan fingerprint density at radius 3 is 2.61 bits per heavy atom. The van der Waals surface area contributed by atoms with E-state index in [9.17, 15) is 9.90 Å². The minimum Gasteiger partial charge on any atom is -0.507 e. The van der Waals surface area contributed by atoms with Crippen LogP contribution in [0.3, 0.4) is 0 Å². The number of rotatable bonds is 4. The maximum absolute atomic E-state index is 12.2. The standard InChI is InChI=1S/C18H16N2O3/c1-2-12-7-9-13(10-8-12)19-18(22)15-11-17(23-20-15)14-5-3-4-6-16(14)21/h3-11,21H,2H2,1H3,(H,19,22). The number of benzene rings is 2. The van der Waals surface area contributed by atoms with Crippen LogP contribution >= 0.6 is 0 Å². The third-order valence-corrected chi connectivity index (χ3v) is 3.53. The third-order valence-electron chi connectivity index (χ3n) is 3.53. The van der Waals surface area contributed by atoms with E-state index >= 15 is 0 Å². The quantitative estimate of drug-likeness (QED) is 0.767. The molecule has 23 heavy (non-hydrogen) atoms. The Kier molecular flexibility index (Phi) is 4.10. The van der Waals surface area contributed by atoms with Gasteiger partial charge in [0.15, 0.2) is 11.5 Å². The monoisotopic (exact) mass is 308 g/mol. The van der Waals surface area contributed by atoms with Crippen molar-refractivity contribution in [2.24, 2.45) is 0 Å². The van der Waals surface area contributed by atoms with Crippen LogP contribution in [-0.4, -0.2) is 16.2 Å². The highest BCUT2D eigenvalue weighted by Gasteiger charge is 2.15. The summed E-state index contributed by atoms with van der Waals surface area (Å²) in [7, 11) is 0. The molecule has 0 aliphatic heterocycles. The van der Waals surface area contributed by atoms with E-state index in [0.29, 0.717) is 17.0 Å². The van der Waals surface area contributed by atoms with E-state index in [2.05, 4.69) is 17.4 Å². The number of hydrogen-bond donors (Lipinski definition) is 2. The number of nitrogens with zero attached hydrogens (tertiary/aromatic N) is 1. The molecule has 0 aliphatic carbocycles. The second-order valence-electron chi connectivity index (χ2n) is 5.10. The van der Waals surface area contributed by atoms with Crippen molar-refractivity contribution < 1.29 is 14.4 Å². The van der Waals surface area contributed by atoms with E-state index in [1.165, 1.54) is 11.6 Å². The first-order valence-corrected chi connectivity index (χ1v) is 7.32. The molecule has 5 heteroatoms. The zero-order valence-corrected chi connectivity index (χ0v) is 12.6. The summed E-state index contributed by atoms with van der Waals surface area (Å²) < 4.78 is 5.16. The van der Waals surface area contributed by atoms with E-state index in [-0.39, 0.29) is 17.4 Å². The number of aromatic nitrogens is 1. The highest BCUT2D eigenvalue weighted by atomic mass is 16.5. The normalized spacial score (nSPS) is 10.5. The lowest BCUT2D eigenvalue weighted by molar-refractivity contribution is 0.101. The van der Waals surface area contributed by atoms with Crippen molar-refractivity contribution in [3.8, 4) is 17.1 Å². The van der Waals surface area contributed by atoms with Gasteiger partial charge in [-0.05, 0) is 36.2 Å². The molecule has 0 saturated carbocycles. The third kappa shape index (κ3) is 3.23. The number of hydrogen-bond acceptors (Lipinski definition) is 4. The zero-order chi connectivity index (χ0) is 16.2. The molecule has 0 aliphatic rings. The number of amides is 1. The molecule has 1 amide bonds. The van der Waals surface area contributed by atoms with Crippen LogP contribution < -0.4 is 5.32 Å². The average molecular weight is 308 g/mol. The number of nitrogens with one attached hydrogen (secondary N) is 1. The molecule has 0 saturated heterocycles. The smallest absolute Gasteiger partial charge is 0.277 e. The van der Waals surface area contributed by atoms with Gasteiger partial charge in [-0.1, -0.05) is 36.3 Å². The summed E-state index contributed by atoms with van der Waals surface area (Å²) in [5.41, 5.74) is 2.54. The summed E-state index contributed by atoms with van der Waals surface area (Å²) in [6, 6.07) is 15.9. The number of phenols is 1. The molecule has 1 heterocycles. The van der Waals surface area contributed by atoms with Gasteiger partial charge >= 0.3 is 0 Å². The molecular weight excluding hydrogens is 292 g/mol. The Morgan fingerprint density at radius 1 is 1.17 bits per heavy atom. The van der Waals surface area contributed by atoms with Crippen molar-refractivity contribution in [3.05, 3.63) is 65.9 Å². The predicted molar refractivity (Wildman–Crippen MR) is 87.4 cm³/mol. The number of phenolic OH excluding ortho intramolecular Hbond substituents is 1. The molecular formula is C18H16N2O3. The van der Waals surface area contributed by atoms with Gasteiger partial charge in [0, 0.05) is 11.8 Å². The predicted octanol–water partition coefficient (Wildman–Crippen LogP) is 3.86. The van der Waals surface area contributed by atoms with E-state index in [1.54, 1.807) is 24.3 Å². The number of carbonyl (C=O) groups excluding carboxylic acids is 1. The molecule has 0 unspecified atom stereocenters. The fourth-order valence-corrected chi connectivity index (χ4v) is 2.21. The fourth-order valence-electron chi connectivity index (χ4n) is 2.21. The Morgan fingerprint density at radius 2 is 1.91 bits per heavy atom.